The van der Waals surface area contributed by atoms with E-state index in [0.717, 1.165) is 16.8 Å². The van der Waals surface area contributed by atoms with Crippen LogP contribution in [-0.2, 0) is 16.1 Å². The van der Waals surface area contributed by atoms with Crippen molar-refractivity contribution < 1.29 is 19.1 Å². The molecule has 2 amide bonds. The van der Waals surface area contributed by atoms with Crippen LogP contribution in [0.4, 0.5) is 10.8 Å². The van der Waals surface area contributed by atoms with Gasteiger partial charge in [0.15, 0.2) is 16.6 Å². The van der Waals surface area contributed by atoms with Crippen LogP contribution in [0.5, 0.6) is 11.5 Å². The molecule has 7 nitrogen and oxygen atoms in total. The minimum absolute atomic E-state index is 0.0740. The summed E-state index contributed by atoms with van der Waals surface area (Å²) in [6, 6.07) is 13.0. The number of hydrogen-bond acceptors (Lipinski definition) is 6. The standard InChI is InChI=1S/C23H25N3O4S/c1-16-6-4-5-7-18(16)25-21(27)10-11-22(28)26(23-24-12-13-31-23)15-17-8-9-19(29-2)20(14-17)30-3/h4-9,12-14H,10-11,15H2,1-3H3,(H,25,27). The van der Waals surface area contributed by atoms with Gasteiger partial charge < -0.3 is 14.8 Å². The van der Waals surface area contributed by atoms with Gasteiger partial charge >= 0.3 is 0 Å². The topological polar surface area (TPSA) is 80.8 Å². The molecular formula is C23H25N3O4S. The number of anilines is 2. The van der Waals surface area contributed by atoms with Gasteiger partial charge in [-0.25, -0.2) is 4.98 Å². The van der Waals surface area contributed by atoms with Crippen molar-refractivity contribution in [2.45, 2.75) is 26.3 Å². The van der Waals surface area contributed by atoms with Crippen LogP contribution in [-0.4, -0.2) is 31.0 Å². The highest BCUT2D eigenvalue weighted by atomic mass is 32.1. The minimum atomic E-state index is -0.201. The average molecular weight is 440 g/mol. The quantitative estimate of drug-likeness (QED) is 0.534. The van der Waals surface area contributed by atoms with E-state index in [1.807, 2.05) is 48.7 Å². The van der Waals surface area contributed by atoms with Crippen molar-refractivity contribution in [3.05, 3.63) is 65.2 Å². The number of thiazole rings is 1. The van der Waals surface area contributed by atoms with Gasteiger partial charge in [0.25, 0.3) is 0 Å². The second-order valence-corrected chi connectivity index (χ2v) is 7.72. The van der Waals surface area contributed by atoms with Gasteiger partial charge in [-0.05, 0) is 36.2 Å². The fraction of sp³-hybridized carbons (Fsp3) is 0.261. The number of methoxy groups -OCH3 is 2. The van der Waals surface area contributed by atoms with Gasteiger partial charge in [-0.2, -0.15) is 0 Å². The third kappa shape index (κ3) is 5.82. The second-order valence-electron chi connectivity index (χ2n) is 6.85. The van der Waals surface area contributed by atoms with Gasteiger partial charge in [0.05, 0.1) is 20.8 Å². The monoisotopic (exact) mass is 439 g/mol. The largest absolute Gasteiger partial charge is 0.493 e. The molecule has 1 N–H and O–H groups in total. The predicted molar refractivity (Wildman–Crippen MR) is 122 cm³/mol. The molecule has 0 saturated heterocycles. The van der Waals surface area contributed by atoms with Crippen LogP contribution < -0.4 is 19.7 Å². The first-order chi connectivity index (χ1) is 15.0. The molecule has 8 heteroatoms. The van der Waals surface area contributed by atoms with E-state index in [1.165, 1.54) is 11.3 Å². The molecule has 0 fully saturated rings. The fourth-order valence-electron chi connectivity index (χ4n) is 3.05. The summed E-state index contributed by atoms with van der Waals surface area (Å²) in [4.78, 5) is 31.2. The summed E-state index contributed by atoms with van der Waals surface area (Å²) in [7, 11) is 3.14. The molecular weight excluding hydrogens is 414 g/mol. The predicted octanol–water partition coefficient (Wildman–Crippen LogP) is 4.42. The lowest BCUT2D eigenvalue weighted by atomic mass is 10.1. The number of benzene rings is 2. The van der Waals surface area contributed by atoms with Crippen molar-refractivity contribution in [3.8, 4) is 11.5 Å². The molecule has 31 heavy (non-hydrogen) atoms. The highest BCUT2D eigenvalue weighted by Crippen LogP contribution is 2.29. The second kappa shape index (κ2) is 10.6. The van der Waals surface area contributed by atoms with E-state index >= 15 is 0 Å². The number of hydrogen-bond donors (Lipinski definition) is 1. The van der Waals surface area contributed by atoms with Gasteiger partial charge in [-0.3, -0.25) is 14.5 Å². The zero-order chi connectivity index (χ0) is 22.2. The third-order valence-electron chi connectivity index (χ3n) is 4.72. The lowest BCUT2D eigenvalue weighted by Gasteiger charge is -2.21. The molecule has 2 aromatic carbocycles. The van der Waals surface area contributed by atoms with E-state index < -0.39 is 0 Å². The molecule has 0 saturated carbocycles. The molecule has 0 bridgehead atoms. The third-order valence-corrected chi connectivity index (χ3v) is 5.52. The van der Waals surface area contributed by atoms with Gasteiger partial charge in [0.2, 0.25) is 11.8 Å². The first kappa shape index (κ1) is 22.3. The molecule has 0 aliphatic carbocycles. The van der Waals surface area contributed by atoms with Gasteiger partial charge in [0, 0.05) is 30.1 Å². The smallest absolute Gasteiger partial charge is 0.229 e. The summed E-state index contributed by atoms with van der Waals surface area (Å²) >= 11 is 1.37. The zero-order valence-corrected chi connectivity index (χ0v) is 18.6. The van der Waals surface area contributed by atoms with Crippen LogP contribution in [0, 0.1) is 6.92 Å². The number of rotatable bonds is 9. The van der Waals surface area contributed by atoms with Crippen molar-refractivity contribution in [1.82, 2.24) is 4.98 Å². The molecule has 0 aliphatic rings. The first-order valence-corrected chi connectivity index (χ1v) is 10.7. The normalized spacial score (nSPS) is 10.4. The molecule has 162 valence electrons. The molecule has 3 aromatic rings. The number of nitrogens with one attached hydrogen (secondary N) is 1. The maximum Gasteiger partial charge on any atom is 0.229 e. The SMILES string of the molecule is COc1ccc(CN(C(=O)CCC(=O)Nc2ccccc2C)c2nccs2)cc1OC. The van der Waals surface area contributed by atoms with Gasteiger partial charge in [0.1, 0.15) is 0 Å². The van der Waals surface area contributed by atoms with E-state index in [1.54, 1.807) is 31.4 Å². The van der Waals surface area contributed by atoms with Crippen LogP contribution >= 0.6 is 11.3 Å². The highest BCUT2D eigenvalue weighted by molar-refractivity contribution is 7.13. The van der Waals surface area contributed by atoms with Crippen LogP contribution in [0.1, 0.15) is 24.0 Å². The molecule has 0 aliphatic heterocycles. The van der Waals surface area contributed by atoms with Crippen LogP contribution in [0.25, 0.3) is 0 Å². The number of carbonyl (C=O) groups is 2. The van der Waals surface area contributed by atoms with E-state index in [-0.39, 0.29) is 24.7 Å². The number of ether oxygens (including phenoxy) is 2. The number of aromatic nitrogens is 1. The summed E-state index contributed by atoms with van der Waals surface area (Å²) in [6.07, 6.45) is 1.81. The van der Waals surface area contributed by atoms with Crippen LogP contribution in [0.15, 0.2) is 54.0 Å². The van der Waals surface area contributed by atoms with Crippen molar-refractivity contribution in [2.24, 2.45) is 0 Å². The van der Waals surface area contributed by atoms with Crippen molar-refractivity contribution in [2.75, 3.05) is 24.4 Å². The average Bonchev–Trinajstić information content (AvgIpc) is 3.31. The fourth-order valence-corrected chi connectivity index (χ4v) is 3.71. The Labute approximate surface area is 185 Å². The number of carbonyl (C=O) groups excluding carboxylic acids is 2. The van der Waals surface area contributed by atoms with Crippen molar-refractivity contribution in [1.29, 1.82) is 0 Å². The van der Waals surface area contributed by atoms with Gasteiger partial charge in [-0.15, -0.1) is 11.3 Å². The molecule has 0 spiro atoms. The van der Waals surface area contributed by atoms with E-state index in [0.29, 0.717) is 23.2 Å². The maximum atomic E-state index is 13.0. The molecule has 1 heterocycles. The Morgan fingerprint density at radius 3 is 2.52 bits per heavy atom. The van der Waals surface area contributed by atoms with E-state index in [2.05, 4.69) is 10.3 Å². The van der Waals surface area contributed by atoms with Gasteiger partial charge in [-0.1, -0.05) is 24.3 Å². The number of para-hydroxylation sites is 1. The molecule has 0 unspecified atom stereocenters. The number of amides is 2. The zero-order valence-electron chi connectivity index (χ0n) is 17.8. The summed E-state index contributed by atoms with van der Waals surface area (Å²) in [5.41, 5.74) is 2.59. The highest BCUT2D eigenvalue weighted by Gasteiger charge is 2.20. The molecule has 3 rings (SSSR count). The summed E-state index contributed by atoms with van der Waals surface area (Å²) in [5, 5.41) is 5.26. The molecule has 0 atom stereocenters. The summed E-state index contributed by atoms with van der Waals surface area (Å²) in [5.74, 6) is 0.827. The summed E-state index contributed by atoms with van der Waals surface area (Å²) in [6.45, 7) is 2.24. The lowest BCUT2D eigenvalue weighted by molar-refractivity contribution is -0.122. The minimum Gasteiger partial charge on any atom is -0.493 e. The maximum absolute atomic E-state index is 13.0. The summed E-state index contributed by atoms with van der Waals surface area (Å²) < 4.78 is 10.6. The van der Waals surface area contributed by atoms with E-state index in [9.17, 15) is 9.59 Å². The van der Waals surface area contributed by atoms with Crippen LogP contribution in [0.2, 0.25) is 0 Å². The Hall–Kier alpha value is -3.39. The molecule has 0 radical (unpaired) electrons. The Morgan fingerprint density at radius 1 is 1.06 bits per heavy atom. The van der Waals surface area contributed by atoms with Crippen molar-refractivity contribution >= 4 is 34.0 Å². The van der Waals surface area contributed by atoms with Crippen molar-refractivity contribution in [3.63, 3.8) is 0 Å². The number of aryl methyl sites for hydroxylation is 1. The van der Waals surface area contributed by atoms with Crippen LogP contribution in [0.3, 0.4) is 0 Å². The Bertz CT molecular complexity index is 1040. The van der Waals surface area contributed by atoms with E-state index in [4.69, 9.17) is 9.47 Å². The Balaban J connectivity index is 1.69. The number of nitrogens with zero attached hydrogens (tertiary/aromatic N) is 2. The first-order valence-electron chi connectivity index (χ1n) is 9.78. The Kier molecular flexibility index (Phi) is 7.61. The lowest BCUT2D eigenvalue weighted by Crippen LogP contribution is -2.31. The molecule has 1 aromatic heterocycles. The Morgan fingerprint density at radius 2 is 1.84 bits per heavy atom.